The molecule has 1 heterocycles. The Labute approximate surface area is 78.7 Å². The first kappa shape index (κ1) is 8.77. The van der Waals surface area contributed by atoms with Gasteiger partial charge in [0.1, 0.15) is 5.60 Å². The van der Waals surface area contributed by atoms with Gasteiger partial charge in [-0.15, -0.1) is 12.3 Å². The van der Waals surface area contributed by atoms with Crippen molar-refractivity contribution < 1.29 is 9.53 Å². The molecule has 1 aliphatic carbocycles. The summed E-state index contributed by atoms with van der Waals surface area (Å²) in [6, 6.07) is 0. The molecule has 2 heteroatoms. The lowest BCUT2D eigenvalue weighted by Gasteiger charge is -2.19. The van der Waals surface area contributed by atoms with Gasteiger partial charge in [-0.05, 0) is 26.2 Å². The van der Waals surface area contributed by atoms with E-state index < -0.39 is 5.60 Å². The molecule has 0 radical (unpaired) electrons. The fraction of sp³-hybridized carbons (Fsp3) is 0.727. The summed E-state index contributed by atoms with van der Waals surface area (Å²) in [6.45, 7) is 2.03. The summed E-state index contributed by atoms with van der Waals surface area (Å²) in [7, 11) is 0. The van der Waals surface area contributed by atoms with Gasteiger partial charge in [-0.1, -0.05) is 0 Å². The quantitative estimate of drug-likeness (QED) is 0.475. The van der Waals surface area contributed by atoms with Crippen LogP contribution in [0.15, 0.2) is 0 Å². The van der Waals surface area contributed by atoms with E-state index in [0.717, 1.165) is 12.8 Å². The van der Waals surface area contributed by atoms with E-state index in [2.05, 4.69) is 5.92 Å². The molecule has 2 aliphatic rings. The summed E-state index contributed by atoms with van der Waals surface area (Å²) in [4.78, 5) is 11.7. The maximum Gasteiger partial charge on any atom is 0.167 e. The first-order valence-corrected chi connectivity index (χ1v) is 4.82. The topological polar surface area (TPSA) is 29.6 Å². The van der Waals surface area contributed by atoms with E-state index in [1.54, 1.807) is 0 Å². The van der Waals surface area contributed by atoms with Crippen molar-refractivity contribution in [3.05, 3.63) is 0 Å². The number of hydrogen-bond acceptors (Lipinski definition) is 2. The third kappa shape index (κ3) is 1.04. The van der Waals surface area contributed by atoms with Crippen molar-refractivity contribution in [2.75, 3.05) is 0 Å². The van der Waals surface area contributed by atoms with Gasteiger partial charge >= 0.3 is 0 Å². The van der Waals surface area contributed by atoms with Gasteiger partial charge < -0.3 is 4.74 Å². The van der Waals surface area contributed by atoms with Crippen LogP contribution < -0.4 is 0 Å². The number of rotatable bonds is 2. The van der Waals surface area contributed by atoms with Crippen LogP contribution in [0.25, 0.3) is 0 Å². The third-order valence-electron chi connectivity index (χ3n) is 3.34. The molecule has 0 aromatic rings. The van der Waals surface area contributed by atoms with E-state index >= 15 is 0 Å². The first-order chi connectivity index (χ1) is 6.15. The molecular weight excluding hydrogens is 164 g/mol. The predicted molar refractivity (Wildman–Crippen MR) is 49.1 cm³/mol. The maximum absolute atomic E-state index is 11.7. The van der Waals surface area contributed by atoms with E-state index in [4.69, 9.17) is 11.2 Å². The van der Waals surface area contributed by atoms with Gasteiger partial charge in [0, 0.05) is 12.8 Å². The summed E-state index contributed by atoms with van der Waals surface area (Å²) in [6.07, 6.45) is 9.18. The summed E-state index contributed by atoms with van der Waals surface area (Å²) in [5.74, 6) is 2.83. The van der Waals surface area contributed by atoms with Crippen LogP contribution in [0.5, 0.6) is 0 Å². The molecule has 70 valence electrons. The van der Waals surface area contributed by atoms with Crippen molar-refractivity contribution in [1.82, 2.24) is 0 Å². The van der Waals surface area contributed by atoms with Gasteiger partial charge in [0.2, 0.25) is 0 Å². The second kappa shape index (κ2) is 2.59. The van der Waals surface area contributed by atoms with Gasteiger partial charge in [0.25, 0.3) is 0 Å². The van der Waals surface area contributed by atoms with Crippen LogP contribution in [-0.4, -0.2) is 17.0 Å². The van der Waals surface area contributed by atoms with Gasteiger partial charge in [0.05, 0.1) is 0 Å². The Morgan fingerprint density at radius 1 is 1.69 bits per heavy atom. The second-order valence-electron chi connectivity index (χ2n) is 4.14. The van der Waals surface area contributed by atoms with Crippen molar-refractivity contribution in [3.63, 3.8) is 0 Å². The normalized spacial score (nSPS) is 42.3. The number of ether oxygens (including phenoxy) is 1. The van der Waals surface area contributed by atoms with Crippen molar-refractivity contribution >= 4 is 5.78 Å². The number of fused-ring (bicyclic) bond motifs is 1. The molecule has 0 amide bonds. The molecule has 2 rings (SSSR count). The average molecular weight is 178 g/mol. The molecule has 2 fully saturated rings. The minimum Gasteiger partial charge on any atom is -0.354 e. The van der Waals surface area contributed by atoms with E-state index in [-0.39, 0.29) is 11.4 Å². The highest BCUT2D eigenvalue weighted by molar-refractivity contribution is 5.92. The van der Waals surface area contributed by atoms with Crippen LogP contribution in [0.3, 0.4) is 0 Å². The highest BCUT2D eigenvalue weighted by Gasteiger charge is 2.71. The molecular formula is C11H14O2. The monoisotopic (exact) mass is 178 g/mol. The Balaban J connectivity index is 2.13. The van der Waals surface area contributed by atoms with Gasteiger partial charge in [0.15, 0.2) is 11.4 Å². The standard InChI is InChI=1S/C11H14O2/c1-3-4-8-11-9(12)6-5-7-10(11,2)13-11/h1H,4-8H2,2H3. The lowest BCUT2D eigenvalue weighted by molar-refractivity contribution is -0.125. The highest BCUT2D eigenvalue weighted by Crippen LogP contribution is 2.57. The second-order valence-corrected chi connectivity index (χ2v) is 4.14. The summed E-state index contributed by atoms with van der Waals surface area (Å²) >= 11 is 0. The fourth-order valence-electron chi connectivity index (χ4n) is 2.46. The third-order valence-corrected chi connectivity index (χ3v) is 3.34. The summed E-state index contributed by atoms with van der Waals surface area (Å²) in [5, 5.41) is 0. The van der Waals surface area contributed by atoms with Gasteiger partial charge in [-0.25, -0.2) is 0 Å². The Morgan fingerprint density at radius 3 is 3.08 bits per heavy atom. The molecule has 0 aromatic heterocycles. The van der Waals surface area contributed by atoms with Crippen molar-refractivity contribution in [2.24, 2.45) is 0 Å². The highest BCUT2D eigenvalue weighted by atomic mass is 16.6. The molecule has 2 nitrogen and oxygen atoms in total. The number of epoxide rings is 1. The van der Waals surface area contributed by atoms with Crippen LogP contribution in [0, 0.1) is 12.3 Å². The predicted octanol–water partition coefficient (Wildman–Crippen LogP) is 1.68. The fourth-order valence-corrected chi connectivity index (χ4v) is 2.46. The number of hydrogen-bond donors (Lipinski definition) is 0. The van der Waals surface area contributed by atoms with Crippen LogP contribution in [0.1, 0.15) is 39.0 Å². The number of ketones is 1. The number of terminal acetylenes is 1. The Morgan fingerprint density at radius 2 is 2.46 bits per heavy atom. The molecule has 0 N–H and O–H groups in total. The van der Waals surface area contributed by atoms with Crippen LogP contribution in [0.2, 0.25) is 0 Å². The van der Waals surface area contributed by atoms with Crippen LogP contribution in [-0.2, 0) is 9.53 Å². The molecule has 1 saturated carbocycles. The Hall–Kier alpha value is -0.810. The van der Waals surface area contributed by atoms with E-state index in [9.17, 15) is 4.79 Å². The van der Waals surface area contributed by atoms with Crippen molar-refractivity contribution in [3.8, 4) is 12.3 Å². The minimum absolute atomic E-state index is 0.181. The van der Waals surface area contributed by atoms with E-state index in [1.807, 2.05) is 6.92 Å². The molecule has 2 atom stereocenters. The average Bonchev–Trinajstić information content (AvgIpc) is 2.71. The van der Waals surface area contributed by atoms with E-state index in [0.29, 0.717) is 19.3 Å². The van der Waals surface area contributed by atoms with Crippen LogP contribution >= 0.6 is 0 Å². The van der Waals surface area contributed by atoms with Crippen LogP contribution in [0.4, 0.5) is 0 Å². The summed E-state index contributed by atoms with van der Waals surface area (Å²) < 4.78 is 5.62. The van der Waals surface area contributed by atoms with E-state index in [1.165, 1.54) is 0 Å². The zero-order valence-electron chi connectivity index (χ0n) is 7.93. The lowest BCUT2D eigenvalue weighted by Crippen LogP contribution is -2.36. The largest absolute Gasteiger partial charge is 0.354 e. The lowest BCUT2D eigenvalue weighted by atomic mass is 9.77. The maximum atomic E-state index is 11.7. The molecule has 0 aromatic carbocycles. The van der Waals surface area contributed by atoms with Gasteiger partial charge in [-0.3, -0.25) is 4.79 Å². The number of Topliss-reactive ketones (excluding diaryl/α,β-unsaturated/α-hetero) is 1. The molecule has 0 spiro atoms. The molecule has 1 aliphatic heterocycles. The first-order valence-electron chi connectivity index (χ1n) is 4.82. The van der Waals surface area contributed by atoms with Crippen molar-refractivity contribution in [2.45, 2.75) is 50.2 Å². The Bertz CT molecular complexity index is 289. The molecule has 2 unspecified atom stereocenters. The molecule has 0 bridgehead atoms. The minimum atomic E-state index is -0.488. The molecule has 1 saturated heterocycles. The SMILES string of the molecule is C#CCCC12OC1(C)CCCC2=O. The number of carbonyl (C=O) groups excluding carboxylic acids is 1. The zero-order valence-corrected chi connectivity index (χ0v) is 7.93. The summed E-state index contributed by atoms with van der Waals surface area (Å²) in [5.41, 5.74) is -0.670. The number of carbonyl (C=O) groups is 1. The smallest absolute Gasteiger partial charge is 0.167 e. The van der Waals surface area contributed by atoms with Crippen molar-refractivity contribution in [1.29, 1.82) is 0 Å². The molecule has 13 heavy (non-hydrogen) atoms. The van der Waals surface area contributed by atoms with Gasteiger partial charge in [-0.2, -0.15) is 0 Å². The Kier molecular flexibility index (Phi) is 1.75. The zero-order chi connectivity index (χ0) is 9.53.